The molecule has 1 aromatic heterocycles. The molecule has 0 bridgehead atoms. The molecule has 0 spiro atoms. The van der Waals surface area contributed by atoms with Crippen LogP contribution in [0.4, 0.5) is 0 Å². The lowest BCUT2D eigenvalue weighted by Crippen LogP contribution is -2.09. The third-order valence-electron chi connectivity index (χ3n) is 2.01. The zero-order valence-corrected chi connectivity index (χ0v) is 9.37. The molecule has 0 saturated carbocycles. The van der Waals surface area contributed by atoms with Gasteiger partial charge in [-0.1, -0.05) is 28.1 Å². The monoisotopic (exact) mass is 268 g/mol. The predicted octanol–water partition coefficient (Wildman–Crippen LogP) is 1.17. The standard InChI is InChI=1S/C9H9BrN4O/c10-8-3-1-7(2-4-8)9(15)5-14-6-11-12-13-14/h1-4,6,9,15H,5H2/t9-/m1/s1. The Balaban J connectivity index is 2.08. The summed E-state index contributed by atoms with van der Waals surface area (Å²) in [5, 5.41) is 20.5. The van der Waals surface area contributed by atoms with Crippen molar-refractivity contribution in [3.8, 4) is 0 Å². The van der Waals surface area contributed by atoms with Gasteiger partial charge in [-0.25, -0.2) is 4.68 Å². The van der Waals surface area contributed by atoms with Gasteiger partial charge in [0.05, 0.1) is 12.6 Å². The average Bonchev–Trinajstić information content (AvgIpc) is 2.71. The second-order valence-electron chi connectivity index (χ2n) is 3.10. The van der Waals surface area contributed by atoms with Crippen LogP contribution in [0.5, 0.6) is 0 Å². The van der Waals surface area contributed by atoms with Gasteiger partial charge < -0.3 is 5.11 Å². The molecule has 1 heterocycles. The molecular weight excluding hydrogens is 260 g/mol. The van der Waals surface area contributed by atoms with Crippen molar-refractivity contribution in [3.63, 3.8) is 0 Å². The van der Waals surface area contributed by atoms with Gasteiger partial charge in [0.25, 0.3) is 0 Å². The Bertz CT molecular complexity index is 414. The van der Waals surface area contributed by atoms with Gasteiger partial charge in [-0.2, -0.15) is 0 Å². The molecule has 0 aliphatic rings. The van der Waals surface area contributed by atoms with Gasteiger partial charge >= 0.3 is 0 Å². The fraction of sp³-hybridized carbons (Fsp3) is 0.222. The van der Waals surface area contributed by atoms with E-state index >= 15 is 0 Å². The molecule has 0 fully saturated rings. The first-order valence-electron chi connectivity index (χ1n) is 4.40. The number of tetrazole rings is 1. The molecule has 78 valence electrons. The minimum Gasteiger partial charge on any atom is -0.386 e. The quantitative estimate of drug-likeness (QED) is 0.908. The van der Waals surface area contributed by atoms with Gasteiger partial charge in [-0.3, -0.25) is 0 Å². The van der Waals surface area contributed by atoms with E-state index < -0.39 is 6.10 Å². The summed E-state index contributed by atoms with van der Waals surface area (Å²) in [5.41, 5.74) is 0.841. The summed E-state index contributed by atoms with van der Waals surface area (Å²) >= 11 is 3.34. The lowest BCUT2D eigenvalue weighted by atomic mass is 10.1. The molecule has 0 radical (unpaired) electrons. The predicted molar refractivity (Wildman–Crippen MR) is 56.9 cm³/mol. The first-order chi connectivity index (χ1) is 7.25. The molecule has 0 saturated heterocycles. The minimum atomic E-state index is -0.596. The van der Waals surface area contributed by atoms with Crippen molar-refractivity contribution in [3.05, 3.63) is 40.6 Å². The highest BCUT2D eigenvalue weighted by Gasteiger charge is 2.08. The molecule has 1 aromatic carbocycles. The van der Waals surface area contributed by atoms with Crippen molar-refractivity contribution in [1.29, 1.82) is 0 Å². The van der Waals surface area contributed by atoms with E-state index in [2.05, 4.69) is 31.5 Å². The summed E-state index contributed by atoms with van der Waals surface area (Å²) < 4.78 is 2.48. The maximum atomic E-state index is 9.85. The van der Waals surface area contributed by atoms with E-state index in [-0.39, 0.29) is 0 Å². The van der Waals surface area contributed by atoms with Crippen LogP contribution in [0.2, 0.25) is 0 Å². The van der Waals surface area contributed by atoms with Crippen molar-refractivity contribution in [2.45, 2.75) is 12.6 Å². The Hall–Kier alpha value is -1.27. The largest absolute Gasteiger partial charge is 0.386 e. The molecule has 0 aliphatic heterocycles. The Morgan fingerprint density at radius 3 is 2.67 bits per heavy atom. The number of aromatic nitrogens is 4. The summed E-state index contributed by atoms with van der Waals surface area (Å²) in [6, 6.07) is 7.49. The van der Waals surface area contributed by atoms with Crippen molar-refractivity contribution < 1.29 is 5.11 Å². The van der Waals surface area contributed by atoms with Crippen molar-refractivity contribution in [2.75, 3.05) is 0 Å². The molecule has 15 heavy (non-hydrogen) atoms. The first kappa shape index (κ1) is 10.3. The molecule has 2 aromatic rings. The number of aliphatic hydroxyl groups is 1. The number of rotatable bonds is 3. The van der Waals surface area contributed by atoms with E-state index in [4.69, 9.17) is 0 Å². The normalized spacial score (nSPS) is 12.7. The summed E-state index contributed by atoms with van der Waals surface area (Å²) in [7, 11) is 0. The Kier molecular flexibility index (Phi) is 3.08. The van der Waals surface area contributed by atoms with E-state index in [1.165, 1.54) is 11.0 Å². The summed E-state index contributed by atoms with van der Waals surface area (Å²) in [5.74, 6) is 0. The molecule has 0 amide bonds. The van der Waals surface area contributed by atoms with E-state index in [1.54, 1.807) is 0 Å². The van der Waals surface area contributed by atoms with Gasteiger partial charge in [0.1, 0.15) is 6.33 Å². The van der Waals surface area contributed by atoms with Crippen LogP contribution in [0.15, 0.2) is 35.1 Å². The van der Waals surface area contributed by atoms with E-state index in [0.29, 0.717) is 6.54 Å². The Labute approximate surface area is 94.9 Å². The number of halogens is 1. The van der Waals surface area contributed by atoms with Gasteiger partial charge in [0.2, 0.25) is 0 Å². The number of aliphatic hydroxyl groups excluding tert-OH is 1. The lowest BCUT2D eigenvalue weighted by Gasteiger charge is -2.09. The topological polar surface area (TPSA) is 63.8 Å². The van der Waals surface area contributed by atoms with Crippen molar-refractivity contribution in [1.82, 2.24) is 20.2 Å². The molecule has 1 N–H and O–H groups in total. The van der Waals surface area contributed by atoms with Crippen LogP contribution in [-0.4, -0.2) is 25.3 Å². The number of hydrogen-bond donors (Lipinski definition) is 1. The molecule has 0 aliphatic carbocycles. The Morgan fingerprint density at radius 1 is 1.33 bits per heavy atom. The molecular formula is C9H9BrN4O. The molecule has 5 nitrogen and oxygen atoms in total. The van der Waals surface area contributed by atoms with Crippen LogP contribution in [0, 0.1) is 0 Å². The zero-order chi connectivity index (χ0) is 10.7. The third kappa shape index (κ3) is 2.60. The van der Waals surface area contributed by atoms with Crippen LogP contribution in [0.1, 0.15) is 11.7 Å². The Morgan fingerprint density at radius 2 is 2.07 bits per heavy atom. The van der Waals surface area contributed by atoms with E-state index in [9.17, 15) is 5.11 Å². The van der Waals surface area contributed by atoms with E-state index in [0.717, 1.165) is 10.0 Å². The smallest absolute Gasteiger partial charge is 0.138 e. The van der Waals surface area contributed by atoms with Crippen LogP contribution in [0.3, 0.4) is 0 Å². The summed E-state index contributed by atoms with van der Waals surface area (Å²) in [6.07, 6.45) is 0.879. The SMILES string of the molecule is O[C@H](Cn1cnnn1)c1ccc(Br)cc1. The third-order valence-corrected chi connectivity index (χ3v) is 2.53. The first-order valence-corrected chi connectivity index (χ1v) is 5.19. The number of hydrogen-bond acceptors (Lipinski definition) is 4. The van der Waals surface area contributed by atoms with Crippen molar-refractivity contribution in [2.24, 2.45) is 0 Å². The maximum Gasteiger partial charge on any atom is 0.138 e. The van der Waals surface area contributed by atoms with Crippen LogP contribution >= 0.6 is 15.9 Å². The number of nitrogens with zero attached hydrogens (tertiary/aromatic N) is 4. The zero-order valence-electron chi connectivity index (χ0n) is 7.79. The molecule has 2 rings (SSSR count). The molecule has 1 atom stereocenters. The number of benzene rings is 1. The fourth-order valence-electron chi connectivity index (χ4n) is 1.23. The highest BCUT2D eigenvalue weighted by atomic mass is 79.9. The summed E-state index contributed by atoms with van der Waals surface area (Å²) in [4.78, 5) is 0. The van der Waals surface area contributed by atoms with Gasteiger partial charge in [-0.15, -0.1) is 5.10 Å². The second-order valence-corrected chi connectivity index (χ2v) is 4.01. The summed E-state index contributed by atoms with van der Waals surface area (Å²) in [6.45, 7) is 0.356. The maximum absolute atomic E-state index is 9.85. The van der Waals surface area contributed by atoms with Crippen molar-refractivity contribution >= 4 is 15.9 Å². The van der Waals surface area contributed by atoms with E-state index in [1.807, 2.05) is 24.3 Å². The van der Waals surface area contributed by atoms with Gasteiger partial charge in [0, 0.05) is 4.47 Å². The lowest BCUT2D eigenvalue weighted by molar-refractivity contribution is 0.150. The molecule has 0 unspecified atom stereocenters. The van der Waals surface area contributed by atoms with Crippen LogP contribution < -0.4 is 0 Å². The van der Waals surface area contributed by atoms with Gasteiger partial charge in [0.15, 0.2) is 0 Å². The average molecular weight is 269 g/mol. The van der Waals surface area contributed by atoms with Crippen LogP contribution in [0.25, 0.3) is 0 Å². The fourth-order valence-corrected chi connectivity index (χ4v) is 1.50. The highest BCUT2D eigenvalue weighted by molar-refractivity contribution is 9.10. The second kappa shape index (κ2) is 4.50. The minimum absolute atomic E-state index is 0.356. The van der Waals surface area contributed by atoms with Crippen LogP contribution in [-0.2, 0) is 6.54 Å². The van der Waals surface area contributed by atoms with Gasteiger partial charge in [-0.05, 0) is 28.1 Å². The highest BCUT2D eigenvalue weighted by Crippen LogP contribution is 2.17. The molecule has 6 heteroatoms.